The number of amides is 1. The minimum atomic E-state index is -0.932. The van der Waals surface area contributed by atoms with Crippen LogP contribution in [0.1, 0.15) is 166 Å². The lowest BCUT2D eigenvalue weighted by Crippen LogP contribution is -2.56. The van der Waals surface area contributed by atoms with E-state index in [9.17, 15) is 19.1 Å². The van der Waals surface area contributed by atoms with E-state index in [0.717, 1.165) is 81.9 Å². The predicted molar refractivity (Wildman–Crippen MR) is 243 cm³/mol. The number of alkyl halides is 1. The zero-order valence-corrected chi connectivity index (χ0v) is 38.3. The smallest absolute Gasteiger partial charge is 0.413 e. The van der Waals surface area contributed by atoms with Crippen LogP contribution < -0.4 is 9.64 Å². The second kappa shape index (κ2) is 21.3. The summed E-state index contributed by atoms with van der Waals surface area (Å²) < 4.78 is 49.0. The Bertz CT molecular complexity index is 2080. The van der Waals surface area contributed by atoms with E-state index in [-0.39, 0.29) is 53.5 Å². The van der Waals surface area contributed by atoms with Crippen molar-refractivity contribution in [3.05, 3.63) is 35.3 Å². The van der Waals surface area contributed by atoms with Gasteiger partial charge in [-0.15, -0.1) is 0 Å². The summed E-state index contributed by atoms with van der Waals surface area (Å²) in [6.07, 6.45) is 22.6. The highest BCUT2D eigenvalue weighted by Gasteiger charge is 2.50. The van der Waals surface area contributed by atoms with E-state index in [2.05, 4.69) is 23.7 Å². The summed E-state index contributed by atoms with van der Waals surface area (Å²) >= 11 is 0. The van der Waals surface area contributed by atoms with Gasteiger partial charge in [0.15, 0.2) is 5.82 Å². The lowest BCUT2D eigenvalue weighted by atomic mass is 9.91. The third kappa shape index (κ3) is 10.4. The number of fused-ring (bicyclic) bond motifs is 5. The van der Waals surface area contributed by atoms with Crippen molar-refractivity contribution in [3.63, 3.8) is 0 Å². The zero-order valence-electron chi connectivity index (χ0n) is 38.3. The number of ether oxygens (including phenoxy) is 3. The first kappa shape index (κ1) is 46.2. The Morgan fingerprint density at radius 1 is 0.891 bits per heavy atom. The fraction of sp³-hybridized carbons (Fsp3) is 0.700. The Labute approximate surface area is 377 Å². The summed E-state index contributed by atoms with van der Waals surface area (Å²) in [6, 6.07) is 2.94. The molecule has 0 saturated carbocycles. The number of esters is 1. The van der Waals surface area contributed by atoms with Gasteiger partial charge in [-0.25, -0.2) is 13.6 Å². The van der Waals surface area contributed by atoms with Crippen molar-refractivity contribution in [1.29, 1.82) is 0 Å². The SMILES string of the molecule is CCCCCCCCCCCCCCCC(=O)OCOC(=O)N1[C@@H]2CC[C@H]1CN(c1nc(OC[C@@]34CCCN3C[C@H](F)C4)nc3c(F)c(-c4cc(O)cc5c4C(CC)CC5)ncc13)C2. The van der Waals surface area contributed by atoms with Gasteiger partial charge in [-0.2, -0.15) is 9.97 Å². The van der Waals surface area contributed by atoms with Gasteiger partial charge in [-0.3, -0.25) is 19.6 Å². The highest BCUT2D eigenvalue weighted by molar-refractivity contribution is 5.92. The molecule has 2 aromatic heterocycles. The van der Waals surface area contributed by atoms with E-state index in [1.807, 2.05) is 4.90 Å². The molecule has 8 rings (SSSR count). The molecule has 4 aliphatic heterocycles. The predicted octanol–water partition coefficient (Wildman–Crippen LogP) is 10.7. The number of carbonyl (C=O) groups excluding carboxylic acids is 2. The molecule has 4 fully saturated rings. The zero-order chi connectivity index (χ0) is 44.6. The molecule has 6 heterocycles. The fourth-order valence-electron chi connectivity index (χ4n) is 11.6. The van der Waals surface area contributed by atoms with Crippen molar-refractivity contribution in [3.8, 4) is 23.0 Å². The van der Waals surface area contributed by atoms with Crippen molar-refractivity contribution in [1.82, 2.24) is 24.8 Å². The number of hydrogen-bond donors (Lipinski definition) is 1. The number of carbonyl (C=O) groups is 2. The Morgan fingerprint density at radius 2 is 1.59 bits per heavy atom. The minimum Gasteiger partial charge on any atom is -0.508 e. The van der Waals surface area contributed by atoms with Gasteiger partial charge in [0.2, 0.25) is 6.79 Å². The first-order valence-corrected chi connectivity index (χ1v) is 24.8. The normalized spacial score (nSPS) is 23.8. The van der Waals surface area contributed by atoms with Crippen molar-refractivity contribution in [2.45, 2.75) is 185 Å². The van der Waals surface area contributed by atoms with Gasteiger partial charge in [0.25, 0.3) is 0 Å². The van der Waals surface area contributed by atoms with Crippen LogP contribution in [0.3, 0.4) is 0 Å². The van der Waals surface area contributed by atoms with Crippen molar-refractivity contribution in [2.75, 3.05) is 44.5 Å². The highest BCUT2D eigenvalue weighted by atomic mass is 19.1. The molecule has 5 aliphatic rings. The summed E-state index contributed by atoms with van der Waals surface area (Å²) in [6.45, 7) is 6.11. The number of phenols is 1. The number of hydrogen-bond acceptors (Lipinski definition) is 11. The summed E-state index contributed by atoms with van der Waals surface area (Å²) in [5, 5.41) is 11.1. The first-order chi connectivity index (χ1) is 31.2. The van der Waals surface area contributed by atoms with Gasteiger partial charge in [-0.1, -0.05) is 90.9 Å². The summed E-state index contributed by atoms with van der Waals surface area (Å²) in [5.74, 6) is -0.246. The topological polar surface area (TPSA) is 130 Å². The van der Waals surface area contributed by atoms with Crippen molar-refractivity contribution >= 4 is 28.8 Å². The van der Waals surface area contributed by atoms with E-state index in [1.54, 1.807) is 23.2 Å². The third-order valence-electron chi connectivity index (χ3n) is 14.9. The van der Waals surface area contributed by atoms with Gasteiger partial charge in [0.1, 0.15) is 35.6 Å². The van der Waals surface area contributed by atoms with Crippen LogP contribution in [0.2, 0.25) is 0 Å². The maximum atomic E-state index is 17.2. The van der Waals surface area contributed by atoms with Crippen LogP contribution in [0.4, 0.5) is 19.4 Å². The molecule has 1 aromatic carbocycles. The molecule has 1 aliphatic carbocycles. The number of rotatable bonds is 22. The summed E-state index contributed by atoms with van der Waals surface area (Å²) in [4.78, 5) is 46.2. The lowest BCUT2D eigenvalue weighted by molar-refractivity contribution is -0.152. The Hall–Kier alpha value is -4.33. The van der Waals surface area contributed by atoms with E-state index in [1.165, 1.54) is 64.2 Å². The van der Waals surface area contributed by atoms with Gasteiger partial charge in [0.05, 0.1) is 23.0 Å². The number of nitrogens with zero attached hydrogens (tertiary/aromatic N) is 6. The van der Waals surface area contributed by atoms with Gasteiger partial charge in [-0.05, 0) is 87.1 Å². The molecule has 3 aromatic rings. The number of anilines is 1. The maximum Gasteiger partial charge on any atom is 0.413 e. The van der Waals surface area contributed by atoms with E-state index in [0.29, 0.717) is 49.2 Å². The molecule has 5 atom stereocenters. The molecular weight excluding hydrogens is 819 g/mol. The number of pyridine rings is 1. The molecular formula is C50H70F2N6O6. The average molecular weight is 889 g/mol. The van der Waals surface area contributed by atoms with Gasteiger partial charge < -0.3 is 24.2 Å². The monoisotopic (exact) mass is 889 g/mol. The quantitative estimate of drug-likeness (QED) is 0.0588. The van der Waals surface area contributed by atoms with Crippen LogP contribution in [0.25, 0.3) is 22.2 Å². The van der Waals surface area contributed by atoms with Gasteiger partial charge in [0, 0.05) is 44.2 Å². The average Bonchev–Trinajstić information content (AvgIpc) is 4.03. The molecule has 1 N–H and O–H groups in total. The number of unbranched alkanes of at least 4 members (excludes halogenated alkanes) is 12. The van der Waals surface area contributed by atoms with Crippen LogP contribution in [0.5, 0.6) is 11.8 Å². The summed E-state index contributed by atoms with van der Waals surface area (Å²) in [5.41, 5.74) is 2.31. The molecule has 4 saturated heterocycles. The number of phenolic OH excluding ortho intramolecular Hbond substituents is 1. The molecule has 0 spiro atoms. The Kier molecular flexibility index (Phi) is 15.4. The van der Waals surface area contributed by atoms with E-state index in [4.69, 9.17) is 24.2 Å². The fourth-order valence-corrected chi connectivity index (χ4v) is 11.6. The Balaban J connectivity index is 0.897. The lowest BCUT2D eigenvalue weighted by Gasteiger charge is -2.41. The van der Waals surface area contributed by atoms with Crippen molar-refractivity contribution < 1.29 is 37.7 Å². The second-order valence-corrected chi connectivity index (χ2v) is 19.3. The van der Waals surface area contributed by atoms with Crippen LogP contribution in [-0.2, 0) is 20.7 Å². The van der Waals surface area contributed by atoms with Gasteiger partial charge >= 0.3 is 18.1 Å². The molecule has 64 heavy (non-hydrogen) atoms. The molecule has 1 amide bonds. The summed E-state index contributed by atoms with van der Waals surface area (Å²) in [7, 11) is 0. The third-order valence-corrected chi connectivity index (χ3v) is 14.9. The number of piperazine rings is 1. The largest absolute Gasteiger partial charge is 0.508 e. The molecule has 350 valence electrons. The van der Waals surface area contributed by atoms with E-state index < -0.39 is 30.4 Å². The molecule has 2 bridgehead atoms. The first-order valence-electron chi connectivity index (χ1n) is 24.8. The van der Waals surface area contributed by atoms with E-state index >= 15 is 4.39 Å². The number of aromatic hydroxyl groups is 1. The Morgan fingerprint density at radius 3 is 2.30 bits per heavy atom. The van der Waals surface area contributed by atoms with Crippen LogP contribution >= 0.6 is 0 Å². The second-order valence-electron chi connectivity index (χ2n) is 19.3. The van der Waals surface area contributed by atoms with Crippen molar-refractivity contribution in [2.24, 2.45) is 0 Å². The molecule has 14 heteroatoms. The minimum absolute atomic E-state index is 0.00413. The number of halogens is 2. The standard InChI is InChI=1S/C50H70F2N6O6/c1-3-5-6-7-8-9-10-11-12-13-14-15-16-18-42(60)63-33-64-49(61)58-37-21-22-38(58)31-56(30-37)47-41-28-53-45(40-26-39(59)25-35-20-19-34(4-2)43(35)40)44(52)46(41)54-48(55-47)62-32-50-23-17-24-57(50)29-36(51)27-50/h25-26,28,34,36-38,59H,3-24,27,29-33H2,1-2H3/t34?,36-,37-,38+,50+/m1/s1. The number of aromatic nitrogens is 3. The molecule has 1 unspecified atom stereocenters. The van der Waals surface area contributed by atoms with Crippen LogP contribution in [-0.4, -0.2) is 105 Å². The molecule has 12 nitrogen and oxygen atoms in total. The molecule has 0 radical (unpaired) electrons. The number of benzene rings is 1. The maximum absolute atomic E-state index is 17.2. The van der Waals surface area contributed by atoms with Crippen LogP contribution in [0.15, 0.2) is 18.3 Å². The number of aryl methyl sites for hydroxylation is 1. The highest BCUT2D eigenvalue weighted by Crippen LogP contribution is 2.46. The van der Waals surface area contributed by atoms with Crippen LogP contribution in [0, 0.1) is 5.82 Å².